The van der Waals surface area contributed by atoms with Crippen molar-refractivity contribution in [3.8, 4) is 11.3 Å². The average Bonchev–Trinajstić information content (AvgIpc) is 3.22. The van der Waals surface area contributed by atoms with E-state index in [-0.39, 0.29) is 0 Å². The number of hydrogen-bond acceptors (Lipinski definition) is 3. The smallest absolute Gasteiger partial charge is 0.0778 e. The normalized spacial score (nSPS) is 14.5. The maximum Gasteiger partial charge on any atom is 0.0778 e. The summed E-state index contributed by atoms with van der Waals surface area (Å²) in [5.74, 6) is 0. The predicted molar refractivity (Wildman–Crippen MR) is 90.4 cm³/mol. The van der Waals surface area contributed by atoms with Crippen LogP contribution in [0.25, 0.3) is 33.1 Å². The summed E-state index contributed by atoms with van der Waals surface area (Å²) in [6.45, 7) is 2.03. The Bertz CT molecular complexity index is 1040. The Morgan fingerprint density at radius 3 is 2.78 bits per heavy atom. The predicted octanol–water partition coefficient (Wildman–Crippen LogP) is 3.69. The van der Waals surface area contributed by atoms with Crippen molar-refractivity contribution in [3.05, 3.63) is 41.3 Å². The van der Waals surface area contributed by atoms with E-state index in [0.717, 1.165) is 40.8 Å². The lowest BCUT2D eigenvalue weighted by Gasteiger charge is -2.21. The number of H-pyrrole nitrogens is 2. The molecule has 2 N–H and O–H groups in total. The van der Waals surface area contributed by atoms with Crippen LogP contribution in [0.5, 0.6) is 0 Å². The lowest BCUT2D eigenvalue weighted by molar-refractivity contribution is 0.689. The van der Waals surface area contributed by atoms with Gasteiger partial charge in [0.2, 0.25) is 0 Å². The van der Waals surface area contributed by atoms with E-state index in [2.05, 4.69) is 32.5 Å². The quantitative estimate of drug-likeness (QED) is 0.563. The summed E-state index contributed by atoms with van der Waals surface area (Å²) in [6.07, 6.45) is 8.57. The van der Waals surface area contributed by atoms with E-state index >= 15 is 0 Å². The first-order valence-electron chi connectivity index (χ1n) is 8.11. The Labute approximate surface area is 133 Å². The zero-order chi connectivity index (χ0) is 15.4. The number of rotatable bonds is 1. The molecule has 3 aromatic heterocycles. The molecule has 114 valence electrons. The van der Waals surface area contributed by atoms with E-state index in [1.807, 2.05) is 19.3 Å². The largest absolute Gasteiger partial charge is 0.285 e. The molecule has 0 saturated carbocycles. The number of nitrogens with zero attached hydrogens (tertiary/aromatic N) is 3. The zero-order valence-electron chi connectivity index (χ0n) is 13.0. The van der Waals surface area contributed by atoms with Crippen molar-refractivity contribution in [3.63, 3.8) is 0 Å². The van der Waals surface area contributed by atoms with Crippen LogP contribution in [0.3, 0.4) is 0 Å². The van der Waals surface area contributed by atoms with Crippen LogP contribution < -0.4 is 0 Å². The molecule has 0 fully saturated rings. The first-order chi connectivity index (χ1) is 11.3. The molecule has 5 rings (SSSR count). The maximum atomic E-state index is 5.02. The number of pyridine rings is 1. The van der Waals surface area contributed by atoms with Gasteiger partial charge >= 0.3 is 0 Å². The summed E-state index contributed by atoms with van der Waals surface area (Å²) >= 11 is 0. The number of benzene rings is 1. The Kier molecular flexibility index (Phi) is 2.59. The molecule has 5 nitrogen and oxygen atoms in total. The molecule has 0 unspecified atom stereocenters. The molecule has 0 bridgehead atoms. The summed E-state index contributed by atoms with van der Waals surface area (Å²) < 4.78 is 0. The van der Waals surface area contributed by atoms with E-state index in [0.29, 0.717) is 0 Å². The molecular weight excluding hydrogens is 286 g/mol. The van der Waals surface area contributed by atoms with Crippen LogP contribution in [0.1, 0.15) is 29.7 Å². The Morgan fingerprint density at radius 1 is 1.09 bits per heavy atom. The molecule has 0 amide bonds. The summed E-state index contributed by atoms with van der Waals surface area (Å²) in [6, 6.07) is 4.17. The molecule has 0 spiro atoms. The molecule has 1 aliphatic rings. The summed E-state index contributed by atoms with van der Waals surface area (Å²) in [5.41, 5.74) is 8.20. The highest BCUT2D eigenvalue weighted by molar-refractivity contribution is 6.07. The van der Waals surface area contributed by atoms with Gasteiger partial charge in [-0.25, -0.2) is 4.98 Å². The second-order valence-corrected chi connectivity index (χ2v) is 6.30. The van der Waals surface area contributed by atoms with Crippen LogP contribution in [0.2, 0.25) is 0 Å². The molecule has 4 aromatic rings. The van der Waals surface area contributed by atoms with Crippen LogP contribution in [-0.4, -0.2) is 25.4 Å². The Morgan fingerprint density at radius 2 is 1.96 bits per heavy atom. The van der Waals surface area contributed by atoms with Gasteiger partial charge in [-0.3, -0.25) is 10.2 Å². The minimum atomic E-state index is 1.01. The van der Waals surface area contributed by atoms with Crippen molar-refractivity contribution in [2.45, 2.75) is 32.6 Å². The fraction of sp³-hybridized carbons (Fsp3) is 0.278. The van der Waals surface area contributed by atoms with Gasteiger partial charge in [0.25, 0.3) is 0 Å². The molecule has 0 saturated heterocycles. The third-order valence-electron chi connectivity index (χ3n) is 4.98. The first-order valence-corrected chi connectivity index (χ1v) is 8.11. The average molecular weight is 303 g/mol. The van der Waals surface area contributed by atoms with Crippen molar-refractivity contribution in [1.82, 2.24) is 25.4 Å². The van der Waals surface area contributed by atoms with Gasteiger partial charge in [-0.05, 0) is 55.9 Å². The lowest BCUT2D eigenvalue weighted by atomic mass is 9.85. The van der Waals surface area contributed by atoms with Crippen LogP contribution >= 0.6 is 0 Å². The van der Waals surface area contributed by atoms with Crippen molar-refractivity contribution < 1.29 is 0 Å². The molecule has 3 heterocycles. The van der Waals surface area contributed by atoms with Gasteiger partial charge in [0.1, 0.15) is 0 Å². The van der Waals surface area contributed by atoms with E-state index < -0.39 is 0 Å². The van der Waals surface area contributed by atoms with Gasteiger partial charge in [0.05, 0.1) is 28.6 Å². The molecule has 0 atom stereocenters. The number of aryl methyl sites for hydroxylation is 2. The molecule has 0 radical (unpaired) electrons. The van der Waals surface area contributed by atoms with Gasteiger partial charge < -0.3 is 0 Å². The lowest BCUT2D eigenvalue weighted by Crippen LogP contribution is -2.08. The number of aromatic amines is 2. The number of fused-ring (bicyclic) bond motifs is 5. The fourth-order valence-electron chi connectivity index (χ4n) is 3.87. The molecule has 1 aromatic carbocycles. The SMILES string of the molecule is Cc1n[nH]cc1-c1nc2ccc3[nH]ncc3c2c2c1CCCC2. The maximum absolute atomic E-state index is 5.02. The van der Waals surface area contributed by atoms with Crippen molar-refractivity contribution in [1.29, 1.82) is 0 Å². The van der Waals surface area contributed by atoms with Gasteiger partial charge in [0, 0.05) is 22.5 Å². The van der Waals surface area contributed by atoms with Crippen molar-refractivity contribution in [2.75, 3.05) is 0 Å². The first kappa shape index (κ1) is 12.8. The summed E-state index contributed by atoms with van der Waals surface area (Å²) in [7, 11) is 0. The molecule has 0 aliphatic heterocycles. The van der Waals surface area contributed by atoms with Gasteiger partial charge in [0.15, 0.2) is 0 Å². The van der Waals surface area contributed by atoms with Crippen LogP contribution in [0.4, 0.5) is 0 Å². The van der Waals surface area contributed by atoms with Crippen LogP contribution in [0.15, 0.2) is 24.5 Å². The molecule has 1 aliphatic carbocycles. The minimum absolute atomic E-state index is 1.01. The second kappa shape index (κ2) is 4.65. The standard InChI is InChI=1S/C18H17N5/c1-10-13(8-19-22-10)18-12-5-3-2-4-11(12)17-14-9-20-23-15(14)6-7-16(17)21-18/h6-9H,2-5H2,1H3,(H,19,22)(H,20,23). The Balaban J connectivity index is 1.94. The van der Waals surface area contributed by atoms with Crippen LogP contribution in [-0.2, 0) is 12.8 Å². The third-order valence-corrected chi connectivity index (χ3v) is 4.98. The van der Waals surface area contributed by atoms with Crippen molar-refractivity contribution >= 4 is 21.8 Å². The number of aromatic nitrogens is 5. The minimum Gasteiger partial charge on any atom is -0.285 e. The zero-order valence-corrected chi connectivity index (χ0v) is 13.0. The molecular formula is C18H17N5. The number of hydrogen-bond donors (Lipinski definition) is 2. The Hall–Kier alpha value is -2.69. The van der Waals surface area contributed by atoms with Gasteiger partial charge in [-0.1, -0.05) is 0 Å². The van der Waals surface area contributed by atoms with E-state index in [1.54, 1.807) is 0 Å². The van der Waals surface area contributed by atoms with Gasteiger partial charge in [-0.15, -0.1) is 0 Å². The van der Waals surface area contributed by atoms with Crippen molar-refractivity contribution in [2.24, 2.45) is 0 Å². The summed E-state index contributed by atoms with van der Waals surface area (Å²) in [4.78, 5) is 5.02. The second-order valence-electron chi connectivity index (χ2n) is 6.30. The van der Waals surface area contributed by atoms with E-state index in [9.17, 15) is 0 Å². The van der Waals surface area contributed by atoms with E-state index in [4.69, 9.17) is 4.98 Å². The number of nitrogens with one attached hydrogen (secondary N) is 2. The molecule has 23 heavy (non-hydrogen) atoms. The van der Waals surface area contributed by atoms with Crippen LogP contribution in [0, 0.1) is 6.92 Å². The third kappa shape index (κ3) is 1.76. The van der Waals surface area contributed by atoms with E-state index in [1.165, 1.54) is 34.7 Å². The topological polar surface area (TPSA) is 70.2 Å². The van der Waals surface area contributed by atoms with Gasteiger partial charge in [-0.2, -0.15) is 10.2 Å². The highest BCUT2D eigenvalue weighted by Crippen LogP contribution is 2.38. The molecule has 5 heteroatoms. The fourth-order valence-corrected chi connectivity index (χ4v) is 3.87. The summed E-state index contributed by atoms with van der Waals surface area (Å²) in [5, 5.41) is 17.0. The monoisotopic (exact) mass is 303 g/mol. The highest BCUT2D eigenvalue weighted by Gasteiger charge is 2.22. The highest BCUT2D eigenvalue weighted by atomic mass is 15.1.